The third-order valence-electron chi connectivity index (χ3n) is 3.08. The van der Waals surface area contributed by atoms with Crippen molar-refractivity contribution in [2.45, 2.75) is 46.3 Å². The third-order valence-corrected chi connectivity index (χ3v) is 3.70. The molecule has 0 spiro atoms. The molecule has 1 amide bonds. The maximum atomic E-state index is 12.1. The first-order valence-corrected chi connectivity index (χ1v) is 7.96. The number of rotatable bonds is 7. The molecule has 0 radical (unpaired) electrons. The van der Waals surface area contributed by atoms with Crippen LogP contribution in [0.1, 0.15) is 32.8 Å². The number of benzene rings is 1. The van der Waals surface area contributed by atoms with E-state index in [4.69, 9.17) is 9.84 Å². The van der Waals surface area contributed by atoms with Gasteiger partial charge in [0.1, 0.15) is 11.8 Å². The van der Waals surface area contributed by atoms with Crippen LogP contribution in [0.5, 0.6) is 5.75 Å². The van der Waals surface area contributed by atoms with Gasteiger partial charge >= 0.3 is 5.97 Å². The normalized spacial score (nSPS) is 13.5. The fourth-order valence-electron chi connectivity index (χ4n) is 1.93. The van der Waals surface area contributed by atoms with E-state index in [2.05, 4.69) is 21.2 Å². The molecule has 0 saturated carbocycles. The molecular formula is C16H22BrNO4. The van der Waals surface area contributed by atoms with Gasteiger partial charge in [0.15, 0.2) is 6.10 Å². The number of carboxylic acid groups (broad SMARTS) is 1. The van der Waals surface area contributed by atoms with Gasteiger partial charge in [-0.05, 0) is 59.8 Å². The minimum absolute atomic E-state index is 0.170. The fourth-order valence-corrected chi connectivity index (χ4v) is 2.51. The second kappa shape index (κ2) is 8.17. The van der Waals surface area contributed by atoms with E-state index in [0.717, 1.165) is 10.0 Å². The standard InChI is InChI=1S/C16H22BrNO4/c1-9(2)7-13(16(20)21)18-15(19)11(4)22-14-6-5-10(3)8-12(14)17/h5-6,8-9,11,13H,7H2,1-4H3,(H,18,19)(H,20,21)/t11-,13-/m1/s1. The Bertz CT molecular complexity index is 545. The molecule has 2 atom stereocenters. The highest BCUT2D eigenvalue weighted by Crippen LogP contribution is 2.26. The predicted molar refractivity (Wildman–Crippen MR) is 88.0 cm³/mol. The van der Waals surface area contributed by atoms with Gasteiger partial charge < -0.3 is 15.2 Å². The molecule has 0 aromatic heterocycles. The number of halogens is 1. The lowest BCUT2D eigenvalue weighted by Gasteiger charge is -2.20. The van der Waals surface area contributed by atoms with E-state index in [1.165, 1.54) is 0 Å². The number of nitrogens with one attached hydrogen (secondary N) is 1. The van der Waals surface area contributed by atoms with Gasteiger partial charge in [-0.15, -0.1) is 0 Å². The van der Waals surface area contributed by atoms with Crippen molar-refractivity contribution in [3.63, 3.8) is 0 Å². The molecule has 0 bridgehead atoms. The maximum absolute atomic E-state index is 12.1. The Morgan fingerprint density at radius 1 is 1.32 bits per heavy atom. The SMILES string of the molecule is Cc1ccc(O[C@H](C)C(=O)N[C@H](CC(C)C)C(=O)O)c(Br)c1. The van der Waals surface area contributed by atoms with E-state index in [9.17, 15) is 9.59 Å². The van der Waals surface area contributed by atoms with Crippen molar-refractivity contribution in [2.75, 3.05) is 0 Å². The summed E-state index contributed by atoms with van der Waals surface area (Å²) in [5.41, 5.74) is 1.07. The van der Waals surface area contributed by atoms with Crippen LogP contribution in [-0.2, 0) is 9.59 Å². The monoisotopic (exact) mass is 371 g/mol. The van der Waals surface area contributed by atoms with Crippen LogP contribution in [-0.4, -0.2) is 29.1 Å². The zero-order valence-corrected chi connectivity index (χ0v) is 14.8. The molecule has 1 aromatic carbocycles. The lowest BCUT2D eigenvalue weighted by Crippen LogP contribution is -2.46. The number of hydrogen-bond donors (Lipinski definition) is 2. The van der Waals surface area contributed by atoms with Gasteiger partial charge in [-0.2, -0.15) is 0 Å². The van der Waals surface area contributed by atoms with Gasteiger partial charge in [-0.25, -0.2) is 4.79 Å². The first kappa shape index (κ1) is 18.5. The summed E-state index contributed by atoms with van der Waals surface area (Å²) in [7, 11) is 0. The Labute approximate surface area is 139 Å². The van der Waals surface area contributed by atoms with Crippen molar-refractivity contribution >= 4 is 27.8 Å². The number of ether oxygens (including phenoxy) is 1. The first-order chi connectivity index (χ1) is 10.2. The van der Waals surface area contributed by atoms with Crippen LogP contribution < -0.4 is 10.1 Å². The number of carboxylic acids is 1. The van der Waals surface area contributed by atoms with E-state index in [-0.39, 0.29) is 5.92 Å². The van der Waals surface area contributed by atoms with Crippen LogP contribution in [0, 0.1) is 12.8 Å². The lowest BCUT2D eigenvalue weighted by atomic mass is 10.0. The smallest absolute Gasteiger partial charge is 0.326 e. The topological polar surface area (TPSA) is 75.6 Å². The molecule has 0 saturated heterocycles. The summed E-state index contributed by atoms with van der Waals surface area (Å²) in [6, 6.07) is 4.63. The average Bonchev–Trinajstić information content (AvgIpc) is 2.40. The summed E-state index contributed by atoms with van der Waals surface area (Å²) in [6.45, 7) is 7.36. The molecule has 0 unspecified atom stereocenters. The highest BCUT2D eigenvalue weighted by Gasteiger charge is 2.24. The summed E-state index contributed by atoms with van der Waals surface area (Å²) in [4.78, 5) is 23.3. The summed E-state index contributed by atoms with van der Waals surface area (Å²) < 4.78 is 6.35. The van der Waals surface area contributed by atoms with Crippen molar-refractivity contribution in [3.05, 3.63) is 28.2 Å². The molecule has 0 fully saturated rings. The molecule has 0 heterocycles. The van der Waals surface area contributed by atoms with E-state index in [1.54, 1.807) is 13.0 Å². The van der Waals surface area contributed by atoms with Crippen LogP contribution >= 0.6 is 15.9 Å². The molecule has 6 heteroatoms. The molecule has 122 valence electrons. The molecule has 1 rings (SSSR count). The van der Waals surface area contributed by atoms with Gasteiger partial charge in [0.25, 0.3) is 5.91 Å². The van der Waals surface area contributed by atoms with Gasteiger partial charge in [-0.1, -0.05) is 19.9 Å². The minimum Gasteiger partial charge on any atom is -0.480 e. The van der Waals surface area contributed by atoms with Gasteiger partial charge in [-0.3, -0.25) is 4.79 Å². The average molecular weight is 372 g/mol. The van der Waals surface area contributed by atoms with Crippen molar-refractivity contribution in [3.8, 4) is 5.75 Å². The molecule has 0 aliphatic rings. The van der Waals surface area contributed by atoms with Crippen molar-refractivity contribution in [1.82, 2.24) is 5.32 Å². The number of aryl methyl sites for hydroxylation is 1. The van der Waals surface area contributed by atoms with Crippen molar-refractivity contribution < 1.29 is 19.4 Å². The number of carbonyl (C=O) groups excluding carboxylic acids is 1. The van der Waals surface area contributed by atoms with E-state index in [1.807, 2.05) is 32.9 Å². The van der Waals surface area contributed by atoms with Gasteiger partial charge in [0.05, 0.1) is 4.47 Å². The van der Waals surface area contributed by atoms with E-state index in [0.29, 0.717) is 12.2 Å². The summed E-state index contributed by atoms with van der Waals surface area (Å²) in [5.74, 6) is -0.765. The Hall–Kier alpha value is -1.56. The predicted octanol–water partition coefficient (Wildman–Crippen LogP) is 3.14. The number of amides is 1. The Kier molecular flexibility index (Phi) is 6.87. The fraction of sp³-hybridized carbons (Fsp3) is 0.500. The van der Waals surface area contributed by atoms with Crippen LogP contribution in [0.2, 0.25) is 0 Å². The highest BCUT2D eigenvalue weighted by molar-refractivity contribution is 9.10. The Balaban J connectivity index is 2.69. The first-order valence-electron chi connectivity index (χ1n) is 7.16. The largest absolute Gasteiger partial charge is 0.480 e. The van der Waals surface area contributed by atoms with Crippen LogP contribution in [0.15, 0.2) is 22.7 Å². The van der Waals surface area contributed by atoms with Crippen molar-refractivity contribution in [1.29, 1.82) is 0 Å². The van der Waals surface area contributed by atoms with Crippen LogP contribution in [0.25, 0.3) is 0 Å². The Morgan fingerprint density at radius 2 is 1.95 bits per heavy atom. The van der Waals surface area contributed by atoms with Crippen LogP contribution in [0.3, 0.4) is 0 Å². The van der Waals surface area contributed by atoms with E-state index >= 15 is 0 Å². The second-order valence-corrected chi connectivity index (χ2v) is 6.58. The zero-order chi connectivity index (χ0) is 16.9. The molecule has 0 aliphatic carbocycles. The maximum Gasteiger partial charge on any atom is 0.326 e. The molecule has 5 nitrogen and oxygen atoms in total. The third kappa shape index (κ3) is 5.67. The summed E-state index contributed by atoms with van der Waals surface area (Å²) >= 11 is 3.38. The lowest BCUT2D eigenvalue weighted by molar-refractivity contribution is -0.143. The summed E-state index contributed by atoms with van der Waals surface area (Å²) in [5, 5.41) is 11.7. The molecular weight excluding hydrogens is 350 g/mol. The van der Waals surface area contributed by atoms with E-state index < -0.39 is 24.0 Å². The zero-order valence-electron chi connectivity index (χ0n) is 13.2. The summed E-state index contributed by atoms with van der Waals surface area (Å²) in [6.07, 6.45) is -0.407. The molecule has 22 heavy (non-hydrogen) atoms. The number of aliphatic carboxylic acids is 1. The number of hydrogen-bond acceptors (Lipinski definition) is 3. The molecule has 0 aliphatic heterocycles. The highest BCUT2D eigenvalue weighted by atomic mass is 79.9. The van der Waals surface area contributed by atoms with Crippen LogP contribution in [0.4, 0.5) is 0 Å². The molecule has 1 aromatic rings. The quantitative estimate of drug-likeness (QED) is 0.771. The molecule has 2 N–H and O–H groups in total. The number of carbonyl (C=O) groups is 2. The van der Waals surface area contributed by atoms with Gasteiger partial charge in [0, 0.05) is 0 Å². The second-order valence-electron chi connectivity index (χ2n) is 5.72. The van der Waals surface area contributed by atoms with Gasteiger partial charge in [0.2, 0.25) is 0 Å². The van der Waals surface area contributed by atoms with Crippen molar-refractivity contribution in [2.24, 2.45) is 5.92 Å². The Morgan fingerprint density at radius 3 is 2.45 bits per heavy atom. The minimum atomic E-state index is -1.04.